The summed E-state index contributed by atoms with van der Waals surface area (Å²) in [6.07, 6.45) is 0.962. The summed E-state index contributed by atoms with van der Waals surface area (Å²) in [5.74, 6) is -0.114. The Balaban J connectivity index is 1.46. The second-order valence-electron chi connectivity index (χ2n) is 8.20. The smallest absolute Gasteiger partial charge is 0.374 e. The minimum Gasteiger partial charge on any atom is -0.374 e. The monoisotopic (exact) mass is 509 g/mol. The zero-order valence-electron chi connectivity index (χ0n) is 16.9. The van der Waals surface area contributed by atoms with Gasteiger partial charge in [-0.3, -0.25) is 9.69 Å². The van der Waals surface area contributed by atoms with Crippen molar-refractivity contribution in [1.82, 2.24) is 9.80 Å². The number of amides is 1. The van der Waals surface area contributed by atoms with Crippen molar-refractivity contribution in [3.05, 3.63) is 63.9 Å². The Morgan fingerprint density at radius 1 is 1.31 bits per heavy atom. The van der Waals surface area contributed by atoms with Gasteiger partial charge in [-0.25, -0.2) is 4.99 Å². The van der Waals surface area contributed by atoms with Crippen molar-refractivity contribution in [1.29, 1.82) is 0 Å². The van der Waals surface area contributed by atoms with E-state index in [-0.39, 0.29) is 23.9 Å². The number of nitrogens with zero attached hydrogens (tertiary/aromatic N) is 3. The highest BCUT2D eigenvalue weighted by Crippen LogP contribution is 2.44. The van der Waals surface area contributed by atoms with Gasteiger partial charge < -0.3 is 14.7 Å². The van der Waals surface area contributed by atoms with Crippen LogP contribution in [-0.4, -0.2) is 63.8 Å². The van der Waals surface area contributed by atoms with Crippen molar-refractivity contribution in [2.45, 2.75) is 37.4 Å². The van der Waals surface area contributed by atoms with Gasteiger partial charge in [0.25, 0.3) is 5.91 Å². The number of ether oxygens (including phenoxy) is 1. The van der Waals surface area contributed by atoms with Crippen molar-refractivity contribution >= 4 is 33.2 Å². The maximum absolute atomic E-state index is 13.6. The van der Waals surface area contributed by atoms with Gasteiger partial charge in [0, 0.05) is 23.9 Å². The number of morpholine rings is 1. The molecule has 1 saturated carbocycles. The summed E-state index contributed by atoms with van der Waals surface area (Å²) < 4.78 is 45.8. The normalized spacial score (nSPS) is 29.3. The third kappa shape index (κ3) is 3.41. The van der Waals surface area contributed by atoms with E-state index in [9.17, 15) is 23.1 Å². The highest BCUT2D eigenvalue weighted by molar-refractivity contribution is 9.11. The minimum atomic E-state index is -4.75. The molecule has 3 atom stereocenters. The molecule has 168 valence electrons. The summed E-state index contributed by atoms with van der Waals surface area (Å²) in [7, 11) is 0. The van der Waals surface area contributed by atoms with Crippen LogP contribution in [0.5, 0.6) is 0 Å². The number of allylic oxidation sites excluding steroid dienone is 3. The predicted octanol–water partition coefficient (Wildman–Crippen LogP) is 3.80. The fourth-order valence-corrected chi connectivity index (χ4v) is 4.71. The third-order valence-corrected chi connectivity index (χ3v) is 7.14. The van der Waals surface area contributed by atoms with Crippen molar-refractivity contribution in [3.8, 4) is 0 Å². The Labute approximate surface area is 190 Å². The second-order valence-corrected chi connectivity index (χ2v) is 8.99. The zero-order chi connectivity index (χ0) is 22.8. The number of hydrogen-bond acceptors (Lipinski definition) is 5. The highest BCUT2D eigenvalue weighted by atomic mass is 79.9. The molecule has 6 nitrogen and oxygen atoms in total. The van der Waals surface area contributed by atoms with Gasteiger partial charge in [0.2, 0.25) is 0 Å². The number of fused-ring (bicyclic) bond motifs is 2. The average Bonchev–Trinajstić information content (AvgIpc) is 3.55. The zero-order valence-corrected chi connectivity index (χ0v) is 18.5. The topological polar surface area (TPSA) is 65.4 Å². The van der Waals surface area contributed by atoms with E-state index in [2.05, 4.69) is 20.9 Å². The van der Waals surface area contributed by atoms with Gasteiger partial charge in [-0.05, 0) is 59.1 Å². The molecule has 3 aliphatic heterocycles. The predicted molar refractivity (Wildman–Crippen MR) is 115 cm³/mol. The molecule has 3 heterocycles. The van der Waals surface area contributed by atoms with Gasteiger partial charge >= 0.3 is 6.18 Å². The molecule has 10 heteroatoms. The van der Waals surface area contributed by atoms with Gasteiger partial charge in [-0.1, -0.05) is 12.1 Å². The lowest BCUT2D eigenvalue weighted by molar-refractivity contribution is -0.0978. The lowest BCUT2D eigenvalue weighted by Crippen LogP contribution is -2.51. The average molecular weight is 510 g/mol. The summed E-state index contributed by atoms with van der Waals surface area (Å²) in [4.78, 5) is 19.8. The number of aliphatic imine (C=N–C) groups is 1. The van der Waals surface area contributed by atoms with Crippen LogP contribution in [-0.2, 0) is 4.74 Å². The maximum atomic E-state index is 13.6. The minimum absolute atomic E-state index is 0.0268. The van der Waals surface area contributed by atoms with E-state index in [0.29, 0.717) is 29.9 Å². The van der Waals surface area contributed by atoms with Crippen molar-refractivity contribution in [2.75, 3.05) is 13.2 Å². The molecule has 1 aromatic rings. The quantitative estimate of drug-likeness (QED) is 0.658. The van der Waals surface area contributed by atoms with Crippen LogP contribution in [0.2, 0.25) is 0 Å². The van der Waals surface area contributed by atoms with E-state index in [1.165, 1.54) is 18.0 Å². The molecule has 32 heavy (non-hydrogen) atoms. The van der Waals surface area contributed by atoms with E-state index < -0.39 is 22.1 Å². The first-order chi connectivity index (χ1) is 15.1. The Morgan fingerprint density at radius 2 is 2.03 bits per heavy atom. The van der Waals surface area contributed by atoms with E-state index in [1.807, 2.05) is 4.90 Å². The van der Waals surface area contributed by atoms with Crippen LogP contribution in [0.15, 0.2) is 57.8 Å². The molecule has 0 aromatic heterocycles. The molecule has 2 fully saturated rings. The number of rotatable bonds is 2. The molecule has 5 rings (SSSR count). The van der Waals surface area contributed by atoms with E-state index in [1.54, 1.807) is 36.4 Å². The summed E-state index contributed by atoms with van der Waals surface area (Å²) in [5, 5.41) is 10.8. The van der Waals surface area contributed by atoms with Crippen LogP contribution < -0.4 is 0 Å². The van der Waals surface area contributed by atoms with E-state index >= 15 is 0 Å². The first kappa shape index (κ1) is 21.4. The molecule has 1 aromatic carbocycles. The van der Waals surface area contributed by atoms with E-state index in [0.717, 1.165) is 6.42 Å². The summed E-state index contributed by atoms with van der Waals surface area (Å²) in [5.41, 5.74) is -1.67. The first-order valence-electron chi connectivity index (χ1n) is 10.1. The van der Waals surface area contributed by atoms with Crippen LogP contribution in [0, 0.1) is 0 Å². The Bertz CT molecular complexity index is 1110. The number of halogens is 4. The van der Waals surface area contributed by atoms with Crippen molar-refractivity contribution in [2.24, 2.45) is 4.99 Å². The molecule has 0 radical (unpaired) electrons. The van der Waals surface area contributed by atoms with Crippen molar-refractivity contribution in [3.63, 3.8) is 0 Å². The van der Waals surface area contributed by atoms with Crippen LogP contribution in [0.1, 0.15) is 29.3 Å². The molecule has 0 spiro atoms. The number of amidine groups is 1. The number of benzene rings is 1. The fraction of sp³-hybridized carbons (Fsp3) is 0.364. The molecule has 1 amide bonds. The van der Waals surface area contributed by atoms with Gasteiger partial charge in [0.15, 0.2) is 11.4 Å². The molecular formula is C22H19BrF3N3O3. The summed E-state index contributed by atoms with van der Waals surface area (Å²) >= 11 is 2.88. The number of carbonyl (C=O) groups excluding carboxylic acids is 1. The Kier molecular flexibility index (Phi) is 4.88. The molecule has 3 unspecified atom stereocenters. The van der Waals surface area contributed by atoms with Gasteiger partial charge in [-0.2, -0.15) is 13.2 Å². The Hall–Kier alpha value is -2.43. The van der Waals surface area contributed by atoms with E-state index in [4.69, 9.17) is 4.74 Å². The second kappa shape index (κ2) is 7.29. The van der Waals surface area contributed by atoms with Gasteiger partial charge in [-0.15, -0.1) is 0 Å². The third-order valence-electron chi connectivity index (χ3n) is 6.01. The standard InChI is InChI=1S/C22H19BrF3N3O3/c1-21(31)17(23)18(22(24,25)26)27-19-14(3-2-8-29(19)21)12-4-6-13(7-5-12)20(30)28-9-10-32-16-11-15(16)28/h2-8,15-16,31H,9-11H2,1H3. The molecule has 0 bridgehead atoms. The molecule has 1 aliphatic carbocycles. The van der Waals surface area contributed by atoms with Crippen LogP contribution in [0.4, 0.5) is 13.2 Å². The van der Waals surface area contributed by atoms with Crippen molar-refractivity contribution < 1.29 is 27.8 Å². The fourth-order valence-electron chi connectivity index (χ4n) is 4.21. The SMILES string of the molecule is CC1(O)C(Br)=C(C(F)(F)F)N=C2C(c3ccc(C(=O)N4CCOC5CC54)cc3)=CC=CN21. The Morgan fingerprint density at radius 3 is 2.72 bits per heavy atom. The number of hydrogen-bond donors (Lipinski definition) is 1. The molecule has 1 saturated heterocycles. The molecular weight excluding hydrogens is 491 g/mol. The van der Waals surface area contributed by atoms with Crippen LogP contribution in [0.25, 0.3) is 5.57 Å². The molecule has 1 N–H and O–H groups in total. The number of carbonyl (C=O) groups is 1. The summed E-state index contributed by atoms with van der Waals surface area (Å²) in [6, 6.07) is 6.80. The largest absolute Gasteiger partial charge is 0.434 e. The summed E-state index contributed by atoms with van der Waals surface area (Å²) in [6.45, 7) is 2.32. The van der Waals surface area contributed by atoms with Crippen LogP contribution in [0.3, 0.4) is 0 Å². The molecule has 4 aliphatic rings. The maximum Gasteiger partial charge on any atom is 0.434 e. The highest BCUT2D eigenvalue weighted by Gasteiger charge is 2.49. The van der Waals surface area contributed by atoms with Crippen LogP contribution >= 0.6 is 15.9 Å². The van der Waals surface area contributed by atoms with Gasteiger partial charge in [0.05, 0.1) is 23.2 Å². The lowest BCUT2D eigenvalue weighted by Gasteiger charge is -2.42. The van der Waals surface area contributed by atoms with Gasteiger partial charge in [0.1, 0.15) is 5.84 Å². The number of alkyl halides is 3. The number of aliphatic hydroxyl groups is 1. The lowest BCUT2D eigenvalue weighted by atomic mass is 9.97. The first-order valence-corrected chi connectivity index (χ1v) is 10.9.